The highest BCUT2D eigenvalue weighted by Crippen LogP contribution is 2.30. The Morgan fingerprint density at radius 3 is 2.95 bits per heavy atom. The van der Waals surface area contributed by atoms with Gasteiger partial charge in [0, 0.05) is 5.75 Å². The summed E-state index contributed by atoms with van der Waals surface area (Å²) in [5, 5.41) is 5.01. The molecule has 0 bridgehead atoms. The molecule has 1 aromatic rings. The largest absolute Gasteiger partial charge is 0.466 e. The van der Waals surface area contributed by atoms with E-state index in [9.17, 15) is 4.79 Å². The van der Waals surface area contributed by atoms with Gasteiger partial charge in [0.25, 0.3) is 0 Å². The Balaban J connectivity index is 2.00. The third kappa shape index (κ3) is 4.99. The maximum atomic E-state index is 11.3. The fraction of sp³-hybridized carbons (Fsp3) is 0.267. The number of carbonyl (C=O) groups excluding carboxylic acids is 1. The van der Waals surface area contributed by atoms with E-state index in [0.717, 1.165) is 15.5 Å². The summed E-state index contributed by atoms with van der Waals surface area (Å²) in [5.41, 5.74) is 1.07. The van der Waals surface area contributed by atoms with Crippen LogP contribution >= 0.6 is 23.3 Å². The predicted molar refractivity (Wildman–Crippen MR) is 87.3 cm³/mol. The Morgan fingerprint density at radius 1 is 1.29 bits per heavy atom. The van der Waals surface area contributed by atoms with Gasteiger partial charge in [0.2, 0.25) is 0 Å². The van der Waals surface area contributed by atoms with Crippen molar-refractivity contribution < 1.29 is 9.53 Å². The first kappa shape index (κ1) is 15.7. The molecule has 6 heteroatoms. The van der Waals surface area contributed by atoms with Crippen molar-refractivity contribution >= 4 is 34.8 Å². The van der Waals surface area contributed by atoms with Crippen molar-refractivity contribution in [3.63, 3.8) is 0 Å². The molecular weight excluding hydrogens is 304 g/mol. The van der Waals surface area contributed by atoms with E-state index in [2.05, 4.69) is 9.59 Å². The molecule has 0 fully saturated rings. The summed E-state index contributed by atoms with van der Waals surface area (Å²) < 4.78 is 8.94. The summed E-state index contributed by atoms with van der Waals surface area (Å²) in [5.74, 6) is 0.470. The maximum absolute atomic E-state index is 11.3. The predicted octanol–water partition coefficient (Wildman–Crippen LogP) is 3.65. The summed E-state index contributed by atoms with van der Waals surface area (Å²) in [4.78, 5) is 12.4. The minimum Gasteiger partial charge on any atom is -0.466 e. The number of carbonyl (C=O) groups is 1. The molecule has 4 nitrogen and oxygen atoms in total. The fourth-order valence-electron chi connectivity index (χ4n) is 1.64. The lowest BCUT2D eigenvalue weighted by Gasteiger charge is -2.03. The lowest BCUT2D eigenvalue weighted by Crippen LogP contribution is -2.04. The molecule has 1 aromatic heterocycles. The summed E-state index contributed by atoms with van der Waals surface area (Å²) >= 11 is 2.90. The van der Waals surface area contributed by atoms with Crippen molar-refractivity contribution in [3.8, 4) is 0 Å². The normalized spacial score (nSPS) is 13.7. The van der Waals surface area contributed by atoms with Crippen molar-refractivity contribution in [1.29, 1.82) is 0 Å². The number of nitrogens with zero attached hydrogens (tertiary/aromatic N) is 2. The van der Waals surface area contributed by atoms with Gasteiger partial charge in [-0.2, -0.15) is 0 Å². The second-order valence-electron chi connectivity index (χ2n) is 4.06. The first-order chi connectivity index (χ1) is 10.3. The Morgan fingerprint density at radius 2 is 2.10 bits per heavy atom. The van der Waals surface area contributed by atoms with Crippen LogP contribution < -0.4 is 0 Å². The van der Waals surface area contributed by atoms with Gasteiger partial charge in [-0.3, -0.25) is 4.79 Å². The van der Waals surface area contributed by atoms with E-state index in [-0.39, 0.29) is 5.97 Å². The molecule has 0 saturated heterocycles. The number of esters is 1. The third-order valence-electron chi connectivity index (χ3n) is 2.57. The fourth-order valence-corrected chi connectivity index (χ4v) is 3.35. The highest BCUT2D eigenvalue weighted by atomic mass is 32.2. The zero-order valence-corrected chi connectivity index (χ0v) is 13.3. The molecule has 110 valence electrons. The molecule has 0 radical (unpaired) electrons. The van der Waals surface area contributed by atoms with Gasteiger partial charge >= 0.3 is 5.97 Å². The van der Waals surface area contributed by atoms with Crippen molar-refractivity contribution in [3.05, 3.63) is 47.4 Å². The van der Waals surface area contributed by atoms with Crippen molar-refractivity contribution in [2.75, 3.05) is 12.4 Å². The molecule has 0 N–H and O–H groups in total. The lowest BCUT2D eigenvalue weighted by atomic mass is 10.1. The van der Waals surface area contributed by atoms with E-state index < -0.39 is 0 Å². The SMILES string of the molecule is CCOC(=O)CCSc1nnsc1C1=CC=CC=CC=C1. The van der Waals surface area contributed by atoms with E-state index in [1.165, 1.54) is 23.3 Å². The molecule has 0 unspecified atom stereocenters. The number of hydrogen-bond donors (Lipinski definition) is 0. The smallest absolute Gasteiger partial charge is 0.306 e. The average molecular weight is 320 g/mol. The molecule has 0 amide bonds. The molecule has 0 aromatic carbocycles. The summed E-state index contributed by atoms with van der Waals surface area (Å²) in [6, 6.07) is 0. The molecule has 1 aliphatic rings. The zero-order chi connectivity index (χ0) is 14.9. The Labute approximate surface area is 132 Å². The number of ether oxygens (including phenoxy) is 1. The quantitative estimate of drug-likeness (QED) is 0.591. The third-order valence-corrected chi connectivity index (χ3v) is 4.44. The van der Waals surface area contributed by atoms with E-state index in [1.807, 2.05) is 49.5 Å². The van der Waals surface area contributed by atoms with Crippen LogP contribution in [-0.2, 0) is 9.53 Å². The molecule has 21 heavy (non-hydrogen) atoms. The Bertz CT molecular complexity index is 601. The van der Waals surface area contributed by atoms with Gasteiger partial charge in [0.05, 0.1) is 17.9 Å². The number of thioether (sulfide) groups is 1. The van der Waals surface area contributed by atoms with Gasteiger partial charge in [-0.1, -0.05) is 47.0 Å². The molecule has 1 heterocycles. The first-order valence-corrected chi connectivity index (χ1v) is 8.40. The van der Waals surface area contributed by atoms with Crippen LogP contribution in [0.25, 0.3) is 5.57 Å². The van der Waals surface area contributed by atoms with Crippen LogP contribution in [-0.4, -0.2) is 27.9 Å². The molecule has 0 atom stereocenters. The van der Waals surface area contributed by atoms with Gasteiger partial charge in [0.15, 0.2) is 0 Å². The van der Waals surface area contributed by atoms with Crippen molar-refractivity contribution in [2.24, 2.45) is 0 Å². The maximum Gasteiger partial charge on any atom is 0.306 e. The van der Waals surface area contributed by atoms with Gasteiger partial charge in [0.1, 0.15) is 5.03 Å². The number of aromatic nitrogens is 2. The second kappa shape index (κ2) is 8.59. The molecule has 0 spiro atoms. The van der Waals surface area contributed by atoms with E-state index in [0.29, 0.717) is 18.8 Å². The van der Waals surface area contributed by atoms with Gasteiger partial charge in [-0.25, -0.2) is 0 Å². The summed E-state index contributed by atoms with van der Waals surface area (Å²) in [6.07, 6.45) is 14.4. The number of hydrogen-bond acceptors (Lipinski definition) is 6. The van der Waals surface area contributed by atoms with Crippen LogP contribution in [0.5, 0.6) is 0 Å². The van der Waals surface area contributed by atoms with Crippen molar-refractivity contribution in [2.45, 2.75) is 18.4 Å². The van der Waals surface area contributed by atoms with Crippen LogP contribution in [0.1, 0.15) is 18.2 Å². The van der Waals surface area contributed by atoms with Crippen LogP contribution in [0.3, 0.4) is 0 Å². The Kier molecular flexibility index (Phi) is 6.43. The minimum absolute atomic E-state index is 0.173. The topological polar surface area (TPSA) is 52.1 Å². The molecular formula is C15H16N2O2S2. The van der Waals surface area contributed by atoms with Gasteiger partial charge in [-0.15, -0.1) is 16.9 Å². The number of allylic oxidation sites excluding steroid dienone is 8. The van der Waals surface area contributed by atoms with Crippen LogP contribution in [0.15, 0.2) is 47.6 Å². The van der Waals surface area contributed by atoms with Crippen LogP contribution in [0.2, 0.25) is 0 Å². The molecule has 0 saturated carbocycles. The van der Waals surface area contributed by atoms with Crippen LogP contribution in [0, 0.1) is 0 Å². The standard InChI is InChI=1S/C15H16N2O2S2/c1-2-19-13(18)10-11-20-15-14(21-17-16-15)12-8-6-4-3-5-7-9-12/h3-9H,2,10-11H2,1H3. The van der Waals surface area contributed by atoms with Gasteiger partial charge < -0.3 is 4.74 Å². The minimum atomic E-state index is -0.173. The summed E-state index contributed by atoms with van der Waals surface area (Å²) in [6.45, 7) is 2.23. The zero-order valence-electron chi connectivity index (χ0n) is 11.7. The molecule has 1 aliphatic carbocycles. The number of rotatable bonds is 6. The highest BCUT2D eigenvalue weighted by molar-refractivity contribution is 7.99. The summed E-state index contributed by atoms with van der Waals surface area (Å²) in [7, 11) is 0. The lowest BCUT2D eigenvalue weighted by molar-refractivity contribution is -0.142. The van der Waals surface area contributed by atoms with Crippen molar-refractivity contribution in [1.82, 2.24) is 9.59 Å². The molecule has 2 rings (SSSR count). The Hall–Kier alpha value is -1.66. The monoisotopic (exact) mass is 320 g/mol. The van der Waals surface area contributed by atoms with E-state index in [4.69, 9.17) is 4.74 Å². The first-order valence-electron chi connectivity index (χ1n) is 6.64. The molecule has 0 aliphatic heterocycles. The highest BCUT2D eigenvalue weighted by Gasteiger charge is 2.12. The van der Waals surface area contributed by atoms with Gasteiger partial charge in [-0.05, 0) is 24.0 Å². The van der Waals surface area contributed by atoms with E-state index >= 15 is 0 Å². The van der Waals surface area contributed by atoms with E-state index in [1.54, 1.807) is 0 Å². The second-order valence-corrected chi connectivity index (χ2v) is 5.90. The average Bonchev–Trinajstić information content (AvgIpc) is 2.87. The van der Waals surface area contributed by atoms with Crippen LogP contribution in [0.4, 0.5) is 0 Å².